The van der Waals surface area contributed by atoms with E-state index < -0.39 is 5.41 Å². The highest BCUT2D eigenvalue weighted by Gasteiger charge is 2.51. The zero-order valence-corrected chi connectivity index (χ0v) is 27.1. The van der Waals surface area contributed by atoms with Gasteiger partial charge in [-0.25, -0.2) is 15.0 Å². The number of fused-ring (bicyclic) bond motifs is 9. The number of thiophene rings is 1. The number of rotatable bonds is 4. The molecule has 1 aliphatic heterocycles. The maximum atomic E-state index is 6.91. The van der Waals surface area contributed by atoms with Crippen LogP contribution in [0.2, 0.25) is 0 Å². The van der Waals surface area contributed by atoms with Gasteiger partial charge in [-0.2, -0.15) is 0 Å². The van der Waals surface area contributed by atoms with E-state index in [1.807, 2.05) is 60.7 Å². The molecule has 3 heterocycles. The summed E-state index contributed by atoms with van der Waals surface area (Å²) in [5.41, 5.74) is 9.85. The fourth-order valence-corrected chi connectivity index (χ4v) is 8.56. The minimum absolute atomic E-state index is 0.503. The quantitative estimate of drug-likeness (QED) is 0.191. The summed E-state index contributed by atoms with van der Waals surface area (Å²) >= 11 is 1.67. The van der Waals surface area contributed by atoms with Crippen LogP contribution in [0.5, 0.6) is 11.5 Å². The van der Waals surface area contributed by atoms with Crippen LogP contribution in [0.4, 0.5) is 0 Å². The van der Waals surface area contributed by atoms with Crippen molar-refractivity contribution >= 4 is 11.3 Å². The summed E-state index contributed by atoms with van der Waals surface area (Å²) < 4.78 is 6.91. The molecule has 49 heavy (non-hydrogen) atoms. The van der Waals surface area contributed by atoms with Crippen molar-refractivity contribution in [2.75, 3.05) is 0 Å². The lowest BCUT2D eigenvalue weighted by molar-refractivity contribution is 0.438. The maximum absolute atomic E-state index is 6.91. The van der Waals surface area contributed by atoms with Gasteiger partial charge in [0.25, 0.3) is 0 Å². The van der Waals surface area contributed by atoms with Crippen molar-refractivity contribution in [3.63, 3.8) is 0 Å². The van der Waals surface area contributed by atoms with Gasteiger partial charge in [0.05, 0.1) is 10.3 Å². The zero-order valence-electron chi connectivity index (χ0n) is 26.2. The van der Waals surface area contributed by atoms with Gasteiger partial charge in [-0.3, -0.25) is 0 Å². The first-order chi connectivity index (χ1) is 24.3. The Labute approximate surface area is 288 Å². The van der Waals surface area contributed by atoms with Crippen LogP contribution in [-0.2, 0) is 5.41 Å². The third-order valence-electron chi connectivity index (χ3n) is 9.67. The first-order valence-electron chi connectivity index (χ1n) is 16.4. The average molecular weight is 646 g/mol. The average Bonchev–Trinajstić information content (AvgIpc) is 3.78. The number of nitrogens with zero attached hydrogens (tertiary/aromatic N) is 3. The smallest absolute Gasteiger partial charge is 0.174 e. The molecule has 6 aromatic carbocycles. The van der Waals surface area contributed by atoms with Crippen molar-refractivity contribution in [3.05, 3.63) is 186 Å². The van der Waals surface area contributed by atoms with Crippen molar-refractivity contribution in [1.29, 1.82) is 0 Å². The van der Waals surface area contributed by atoms with Crippen LogP contribution in [0.1, 0.15) is 22.3 Å². The van der Waals surface area contributed by atoms with Gasteiger partial charge < -0.3 is 4.74 Å². The predicted octanol–water partition coefficient (Wildman–Crippen LogP) is 11.1. The first-order valence-corrected chi connectivity index (χ1v) is 17.2. The molecule has 0 saturated carbocycles. The molecule has 4 nitrogen and oxygen atoms in total. The Bertz CT molecular complexity index is 2440. The van der Waals surface area contributed by atoms with E-state index in [2.05, 4.69) is 103 Å². The van der Waals surface area contributed by atoms with E-state index in [-0.39, 0.29) is 0 Å². The second-order valence-corrected chi connectivity index (χ2v) is 13.4. The summed E-state index contributed by atoms with van der Waals surface area (Å²) in [6.45, 7) is 0. The molecule has 0 fully saturated rings. The summed E-state index contributed by atoms with van der Waals surface area (Å²) in [7, 11) is 0. The summed E-state index contributed by atoms with van der Waals surface area (Å²) in [6.07, 6.45) is 0. The van der Waals surface area contributed by atoms with Crippen LogP contribution in [0.3, 0.4) is 0 Å². The first kappa shape index (κ1) is 27.9. The molecular weight excluding hydrogens is 619 g/mol. The van der Waals surface area contributed by atoms with Crippen molar-refractivity contribution in [2.45, 2.75) is 5.41 Å². The molecule has 8 aromatic rings. The Hall–Kier alpha value is -6.17. The highest BCUT2D eigenvalue weighted by molar-refractivity contribution is 7.18. The van der Waals surface area contributed by atoms with E-state index in [1.165, 1.54) is 22.3 Å². The molecule has 5 heteroatoms. The van der Waals surface area contributed by atoms with Crippen LogP contribution in [-0.4, -0.2) is 15.0 Å². The lowest BCUT2D eigenvalue weighted by atomic mass is 9.66. The topological polar surface area (TPSA) is 47.9 Å². The molecule has 230 valence electrons. The van der Waals surface area contributed by atoms with Gasteiger partial charge in [0.2, 0.25) is 0 Å². The van der Waals surface area contributed by atoms with Crippen LogP contribution >= 0.6 is 11.3 Å². The van der Waals surface area contributed by atoms with Gasteiger partial charge >= 0.3 is 0 Å². The lowest BCUT2D eigenvalue weighted by Crippen LogP contribution is -2.32. The fraction of sp³-hybridized carbons (Fsp3) is 0.0227. The largest absolute Gasteiger partial charge is 0.456 e. The van der Waals surface area contributed by atoms with Gasteiger partial charge in [-0.1, -0.05) is 140 Å². The monoisotopic (exact) mass is 645 g/mol. The molecule has 0 N–H and O–H groups in total. The molecule has 0 radical (unpaired) electrons. The summed E-state index contributed by atoms with van der Waals surface area (Å²) in [4.78, 5) is 16.9. The Morgan fingerprint density at radius 2 is 0.878 bits per heavy atom. The van der Waals surface area contributed by atoms with Crippen LogP contribution < -0.4 is 4.74 Å². The van der Waals surface area contributed by atoms with Crippen molar-refractivity contribution < 1.29 is 4.74 Å². The van der Waals surface area contributed by atoms with Gasteiger partial charge in [0.15, 0.2) is 17.5 Å². The minimum atomic E-state index is -0.503. The van der Waals surface area contributed by atoms with Gasteiger partial charge in [0.1, 0.15) is 11.5 Å². The summed E-state index contributed by atoms with van der Waals surface area (Å²) in [5, 5.41) is 0. The molecule has 10 rings (SSSR count). The molecule has 0 unspecified atom stereocenters. The molecule has 1 aliphatic carbocycles. The zero-order chi connectivity index (χ0) is 32.4. The molecule has 0 amide bonds. The predicted molar refractivity (Wildman–Crippen MR) is 197 cm³/mol. The van der Waals surface area contributed by atoms with Gasteiger partial charge in [-0.15, -0.1) is 11.3 Å². The lowest BCUT2D eigenvalue weighted by Gasteiger charge is -2.40. The Morgan fingerprint density at radius 1 is 0.388 bits per heavy atom. The summed E-state index contributed by atoms with van der Waals surface area (Å²) in [6, 6.07) is 57.2. The molecule has 0 saturated heterocycles. The van der Waals surface area contributed by atoms with Crippen molar-refractivity contribution in [1.82, 2.24) is 15.0 Å². The SMILES string of the molecule is c1ccc(-c2nc(-c3ccccc3)nc(-c3ccc(-c4cccc5c4Oc4ccccc4C54c5ccccc5-c5ccccc54)s3)n2)cc1. The minimum Gasteiger partial charge on any atom is -0.456 e. The number of para-hydroxylation sites is 2. The standard InChI is InChI=1S/C44H27N3OS/c1-3-14-28(15-4-1)41-45-42(29-16-5-2-6-17-29)47-43(46-41)39-27-26-38(49-39)32-20-13-24-36-40(32)48-37-25-12-11-23-35(37)44(36)33-21-9-7-18-30(33)31-19-8-10-22-34(31)44/h1-27H. The van der Waals surface area contributed by atoms with Crippen LogP contribution in [0, 0.1) is 0 Å². The Balaban J connectivity index is 1.16. The molecule has 0 bridgehead atoms. The third-order valence-corrected chi connectivity index (χ3v) is 10.8. The highest BCUT2D eigenvalue weighted by atomic mass is 32.1. The molecule has 2 aliphatic rings. The van der Waals surface area contributed by atoms with E-state index in [1.54, 1.807) is 11.3 Å². The van der Waals surface area contributed by atoms with Crippen molar-refractivity contribution in [3.8, 4) is 66.5 Å². The maximum Gasteiger partial charge on any atom is 0.174 e. The van der Waals surface area contributed by atoms with E-state index >= 15 is 0 Å². The number of hydrogen-bond donors (Lipinski definition) is 0. The van der Waals surface area contributed by atoms with E-state index in [9.17, 15) is 0 Å². The Morgan fingerprint density at radius 3 is 1.53 bits per heavy atom. The Kier molecular flexibility index (Phi) is 6.23. The summed E-state index contributed by atoms with van der Waals surface area (Å²) in [5.74, 6) is 3.71. The number of ether oxygens (including phenoxy) is 1. The fourth-order valence-electron chi connectivity index (χ4n) is 7.59. The number of hydrogen-bond acceptors (Lipinski definition) is 5. The van der Waals surface area contributed by atoms with E-state index in [0.717, 1.165) is 49.1 Å². The number of aromatic nitrogens is 3. The van der Waals surface area contributed by atoms with E-state index in [4.69, 9.17) is 19.7 Å². The normalized spacial score (nSPS) is 13.2. The molecule has 0 atom stereocenters. The molecule has 2 aromatic heterocycles. The second kappa shape index (κ2) is 10.9. The van der Waals surface area contributed by atoms with Gasteiger partial charge in [-0.05, 0) is 46.5 Å². The highest BCUT2D eigenvalue weighted by Crippen LogP contribution is 2.63. The third kappa shape index (κ3) is 4.19. The molecule has 1 spiro atoms. The molecular formula is C44H27N3OS. The van der Waals surface area contributed by atoms with Crippen LogP contribution in [0.15, 0.2) is 164 Å². The van der Waals surface area contributed by atoms with E-state index in [0.29, 0.717) is 17.5 Å². The van der Waals surface area contributed by atoms with Crippen LogP contribution in [0.25, 0.3) is 55.0 Å². The van der Waals surface area contributed by atoms with Crippen molar-refractivity contribution in [2.24, 2.45) is 0 Å². The van der Waals surface area contributed by atoms with Gasteiger partial charge in [0, 0.05) is 32.7 Å². The second-order valence-electron chi connectivity index (χ2n) is 12.3. The number of benzene rings is 6.